The van der Waals surface area contributed by atoms with E-state index >= 15 is 0 Å². The Hall–Kier alpha value is -1.44. The van der Waals surface area contributed by atoms with Gasteiger partial charge in [0.1, 0.15) is 10.6 Å². The van der Waals surface area contributed by atoms with Crippen molar-refractivity contribution in [3.63, 3.8) is 0 Å². The van der Waals surface area contributed by atoms with E-state index in [1.807, 2.05) is 6.26 Å². The van der Waals surface area contributed by atoms with Gasteiger partial charge in [-0.2, -0.15) is 0 Å². The van der Waals surface area contributed by atoms with Crippen LogP contribution in [0.5, 0.6) is 0 Å². The van der Waals surface area contributed by atoms with E-state index in [9.17, 15) is 0 Å². The summed E-state index contributed by atoms with van der Waals surface area (Å²) in [6.07, 6.45) is 7.22. The quantitative estimate of drug-likeness (QED) is 0.346. The van der Waals surface area contributed by atoms with E-state index in [0.29, 0.717) is 18.9 Å². The third kappa shape index (κ3) is 3.52. The summed E-state index contributed by atoms with van der Waals surface area (Å²) in [6.45, 7) is 5.40. The molecule has 1 aliphatic carbocycles. The van der Waals surface area contributed by atoms with Crippen LogP contribution in [-0.4, -0.2) is 39.5 Å². The number of aliphatic hydroxyl groups is 1. The maximum absolute atomic E-state index is 9.10. The Balaban J connectivity index is 1.94. The van der Waals surface area contributed by atoms with E-state index in [4.69, 9.17) is 20.1 Å². The number of thioether (sulfide) groups is 1. The summed E-state index contributed by atoms with van der Waals surface area (Å²) < 4.78 is 1.09. The molecular weight excluding hydrogens is 376 g/mol. The minimum absolute atomic E-state index is 0.177. The molecule has 0 unspecified atom stereocenters. The molecule has 0 saturated carbocycles. The van der Waals surface area contributed by atoms with Crippen LogP contribution in [0.4, 0.5) is 5.82 Å². The normalized spacial score (nSPS) is 13.8. The number of aliphatic hydroxyl groups excluding tert-OH is 1. The first-order valence-electron chi connectivity index (χ1n) is 9.66. The van der Waals surface area contributed by atoms with Gasteiger partial charge in [-0.15, -0.1) is 11.3 Å². The van der Waals surface area contributed by atoms with Gasteiger partial charge < -0.3 is 10.4 Å². The molecule has 7 heteroatoms. The SMILES string of the molecule is CSc1nc(NCCCO)c2sc3nc(CC(C)C)c4c(c3c2n1)CCC4. The highest BCUT2D eigenvalue weighted by Gasteiger charge is 2.25. The molecule has 27 heavy (non-hydrogen) atoms. The van der Waals surface area contributed by atoms with Gasteiger partial charge >= 0.3 is 0 Å². The topological polar surface area (TPSA) is 70.9 Å². The summed E-state index contributed by atoms with van der Waals surface area (Å²) in [5, 5.41) is 14.5. The van der Waals surface area contributed by atoms with Gasteiger partial charge in [-0.1, -0.05) is 25.6 Å². The first kappa shape index (κ1) is 18.9. The fraction of sp³-hybridized carbons (Fsp3) is 0.550. The first-order valence-corrected chi connectivity index (χ1v) is 11.7. The van der Waals surface area contributed by atoms with Gasteiger partial charge in [0.15, 0.2) is 5.16 Å². The van der Waals surface area contributed by atoms with Crippen LogP contribution in [0, 0.1) is 5.92 Å². The van der Waals surface area contributed by atoms with Crippen molar-refractivity contribution in [1.29, 1.82) is 0 Å². The summed E-state index contributed by atoms with van der Waals surface area (Å²) in [7, 11) is 0. The monoisotopic (exact) mass is 402 g/mol. The van der Waals surface area contributed by atoms with E-state index in [2.05, 4.69) is 19.2 Å². The van der Waals surface area contributed by atoms with Crippen molar-refractivity contribution in [2.45, 2.75) is 51.1 Å². The first-order chi connectivity index (χ1) is 13.1. The van der Waals surface area contributed by atoms with Crippen LogP contribution in [0.1, 0.15) is 43.5 Å². The summed E-state index contributed by atoms with van der Waals surface area (Å²) >= 11 is 3.27. The maximum atomic E-state index is 9.10. The molecule has 0 atom stereocenters. The van der Waals surface area contributed by atoms with E-state index in [1.54, 1.807) is 23.1 Å². The highest BCUT2D eigenvalue weighted by molar-refractivity contribution is 7.98. The largest absolute Gasteiger partial charge is 0.396 e. The van der Waals surface area contributed by atoms with Crippen LogP contribution in [0.2, 0.25) is 0 Å². The second kappa shape index (κ2) is 7.89. The van der Waals surface area contributed by atoms with Crippen LogP contribution in [-0.2, 0) is 19.3 Å². The van der Waals surface area contributed by atoms with Gasteiger partial charge in [0.25, 0.3) is 0 Å². The van der Waals surface area contributed by atoms with Crippen LogP contribution < -0.4 is 5.32 Å². The number of fused-ring (bicyclic) bond motifs is 5. The molecule has 3 aromatic rings. The molecule has 0 bridgehead atoms. The molecule has 0 saturated heterocycles. The number of nitrogens with one attached hydrogen (secondary N) is 1. The zero-order chi connectivity index (χ0) is 19.0. The highest BCUT2D eigenvalue weighted by Crippen LogP contribution is 2.42. The van der Waals surface area contributed by atoms with Crippen molar-refractivity contribution in [3.05, 3.63) is 16.8 Å². The van der Waals surface area contributed by atoms with E-state index in [1.165, 1.54) is 28.6 Å². The number of aromatic nitrogens is 3. The van der Waals surface area contributed by atoms with E-state index < -0.39 is 0 Å². The molecule has 0 amide bonds. The predicted molar refractivity (Wildman–Crippen MR) is 115 cm³/mol. The number of thiophene rings is 1. The number of aryl methyl sites for hydroxylation is 1. The van der Waals surface area contributed by atoms with Crippen molar-refractivity contribution in [2.75, 3.05) is 24.7 Å². The second-order valence-corrected chi connectivity index (χ2v) is 9.26. The van der Waals surface area contributed by atoms with E-state index in [0.717, 1.165) is 45.3 Å². The Morgan fingerprint density at radius 1 is 1.19 bits per heavy atom. The lowest BCUT2D eigenvalue weighted by Crippen LogP contribution is -2.06. The molecule has 4 rings (SSSR count). The number of hydrogen-bond donors (Lipinski definition) is 2. The highest BCUT2D eigenvalue weighted by atomic mass is 32.2. The van der Waals surface area contributed by atoms with Gasteiger partial charge in [0, 0.05) is 24.2 Å². The number of rotatable bonds is 7. The van der Waals surface area contributed by atoms with Crippen molar-refractivity contribution >= 4 is 49.3 Å². The average molecular weight is 403 g/mol. The van der Waals surface area contributed by atoms with Crippen LogP contribution in [0.15, 0.2) is 5.16 Å². The molecule has 0 aliphatic heterocycles. The smallest absolute Gasteiger partial charge is 0.189 e. The van der Waals surface area contributed by atoms with Crippen molar-refractivity contribution in [3.8, 4) is 0 Å². The van der Waals surface area contributed by atoms with Crippen LogP contribution in [0.3, 0.4) is 0 Å². The van der Waals surface area contributed by atoms with Crippen molar-refractivity contribution in [2.24, 2.45) is 5.92 Å². The molecule has 0 radical (unpaired) electrons. The third-order valence-electron chi connectivity index (χ3n) is 5.01. The summed E-state index contributed by atoms with van der Waals surface area (Å²) in [6, 6.07) is 0. The minimum Gasteiger partial charge on any atom is -0.396 e. The fourth-order valence-corrected chi connectivity index (χ4v) is 5.37. The zero-order valence-corrected chi connectivity index (χ0v) is 17.8. The average Bonchev–Trinajstić information content (AvgIpc) is 3.25. The Labute approximate surface area is 168 Å². The molecule has 0 spiro atoms. The summed E-state index contributed by atoms with van der Waals surface area (Å²) in [5.74, 6) is 1.48. The lowest BCUT2D eigenvalue weighted by atomic mass is 9.99. The molecule has 0 fully saturated rings. The van der Waals surface area contributed by atoms with Crippen LogP contribution in [0.25, 0.3) is 20.4 Å². The van der Waals surface area contributed by atoms with Gasteiger partial charge in [0.05, 0.1) is 10.2 Å². The number of nitrogens with zero attached hydrogens (tertiary/aromatic N) is 3. The number of hydrogen-bond acceptors (Lipinski definition) is 7. The van der Waals surface area contributed by atoms with Gasteiger partial charge in [-0.3, -0.25) is 0 Å². The summed E-state index contributed by atoms with van der Waals surface area (Å²) in [5.41, 5.74) is 5.26. The second-order valence-electron chi connectivity index (χ2n) is 7.49. The molecule has 5 nitrogen and oxygen atoms in total. The molecular formula is C20H26N4OS2. The fourth-order valence-electron chi connectivity index (χ4n) is 3.88. The summed E-state index contributed by atoms with van der Waals surface area (Å²) in [4.78, 5) is 15.8. The minimum atomic E-state index is 0.177. The molecule has 1 aliphatic rings. The number of anilines is 1. The number of pyridine rings is 1. The van der Waals surface area contributed by atoms with Gasteiger partial charge in [-0.25, -0.2) is 15.0 Å². The molecule has 3 aromatic heterocycles. The Morgan fingerprint density at radius 3 is 2.74 bits per heavy atom. The maximum Gasteiger partial charge on any atom is 0.189 e. The Kier molecular flexibility index (Phi) is 5.53. The van der Waals surface area contributed by atoms with Gasteiger partial charge in [0.2, 0.25) is 0 Å². The van der Waals surface area contributed by atoms with Crippen LogP contribution >= 0.6 is 23.1 Å². The van der Waals surface area contributed by atoms with Crippen molar-refractivity contribution in [1.82, 2.24) is 15.0 Å². The molecule has 3 heterocycles. The third-order valence-corrected chi connectivity index (χ3v) is 6.64. The molecule has 0 aromatic carbocycles. The zero-order valence-electron chi connectivity index (χ0n) is 16.1. The standard InChI is InChI=1S/C20H26N4OS2/c1-11(2)10-14-12-6-4-7-13(12)15-16-17(27-19(15)22-14)18(21-8-5-9-25)24-20(23-16)26-3/h11,25H,4-10H2,1-3H3,(H,21,23,24). The predicted octanol–water partition coefficient (Wildman–Crippen LogP) is 4.44. The lowest BCUT2D eigenvalue weighted by molar-refractivity contribution is 0.292. The van der Waals surface area contributed by atoms with E-state index in [-0.39, 0.29) is 6.61 Å². The molecule has 144 valence electrons. The Morgan fingerprint density at radius 2 is 2.00 bits per heavy atom. The van der Waals surface area contributed by atoms with Crippen molar-refractivity contribution < 1.29 is 5.11 Å². The Bertz CT molecular complexity index is 983. The molecule has 2 N–H and O–H groups in total. The van der Waals surface area contributed by atoms with Gasteiger partial charge in [-0.05, 0) is 55.4 Å². The lowest BCUT2D eigenvalue weighted by Gasteiger charge is -2.11.